The summed E-state index contributed by atoms with van der Waals surface area (Å²) in [5.74, 6) is -1.08. The molecule has 0 radical (unpaired) electrons. The van der Waals surface area contributed by atoms with E-state index >= 15 is 0 Å². The number of aromatic nitrogens is 2. The largest absolute Gasteiger partial charge is 0.573 e. The Morgan fingerprint density at radius 2 is 2.00 bits per heavy atom. The summed E-state index contributed by atoms with van der Waals surface area (Å²) < 4.78 is 42.4. The zero-order valence-electron chi connectivity index (χ0n) is 11.4. The number of aryl methyl sites for hydroxylation is 2. The van der Waals surface area contributed by atoms with Gasteiger partial charge in [0.05, 0.1) is 11.3 Å². The topological polar surface area (TPSA) is 44.1 Å². The summed E-state index contributed by atoms with van der Waals surface area (Å²) >= 11 is 0. The fourth-order valence-corrected chi connectivity index (χ4v) is 1.92. The molecule has 1 heterocycles. The number of hydrogen-bond acceptors (Lipinski definition) is 3. The van der Waals surface area contributed by atoms with E-state index in [1.807, 2.05) is 6.92 Å². The first-order valence-corrected chi connectivity index (χ1v) is 6.24. The SMILES string of the molecule is CCc1cc(C(=O)c2ccccc2OC(F)(F)F)n(C)n1. The van der Waals surface area contributed by atoms with Crippen molar-refractivity contribution >= 4 is 5.78 Å². The average molecular weight is 298 g/mol. The third-order valence-corrected chi connectivity index (χ3v) is 2.88. The number of benzene rings is 1. The van der Waals surface area contributed by atoms with Crippen LogP contribution in [0.1, 0.15) is 28.7 Å². The highest BCUT2D eigenvalue weighted by molar-refractivity contribution is 6.09. The average Bonchev–Trinajstić information content (AvgIpc) is 2.78. The van der Waals surface area contributed by atoms with E-state index in [1.54, 1.807) is 13.1 Å². The fourth-order valence-electron chi connectivity index (χ4n) is 1.92. The van der Waals surface area contributed by atoms with Crippen LogP contribution in [0.15, 0.2) is 30.3 Å². The van der Waals surface area contributed by atoms with Gasteiger partial charge in [-0.05, 0) is 24.6 Å². The third-order valence-electron chi connectivity index (χ3n) is 2.88. The van der Waals surface area contributed by atoms with Crippen molar-refractivity contribution in [3.05, 3.63) is 47.3 Å². The van der Waals surface area contributed by atoms with E-state index in [2.05, 4.69) is 9.84 Å². The number of carbonyl (C=O) groups excluding carboxylic acids is 1. The molecule has 1 aromatic carbocycles. The monoisotopic (exact) mass is 298 g/mol. The van der Waals surface area contributed by atoms with Gasteiger partial charge in [0.1, 0.15) is 11.4 Å². The molecule has 0 aliphatic carbocycles. The highest BCUT2D eigenvalue weighted by atomic mass is 19.4. The molecule has 2 aromatic rings. The Hall–Kier alpha value is -2.31. The number of ketones is 1. The molecule has 21 heavy (non-hydrogen) atoms. The normalized spacial score (nSPS) is 11.5. The molecule has 0 amide bonds. The van der Waals surface area contributed by atoms with Gasteiger partial charge in [-0.15, -0.1) is 13.2 Å². The van der Waals surface area contributed by atoms with E-state index in [-0.39, 0.29) is 11.3 Å². The molecule has 4 nitrogen and oxygen atoms in total. The molecule has 0 spiro atoms. The van der Waals surface area contributed by atoms with E-state index < -0.39 is 17.9 Å². The van der Waals surface area contributed by atoms with Crippen LogP contribution in [-0.2, 0) is 13.5 Å². The summed E-state index contributed by atoms with van der Waals surface area (Å²) in [6.45, 7) is 1.87. The molecule has 0 saturated carbocycles. The smallest absolute Gasteiger partial charge is 0.405 e. The molecular weight excluding hydrogens is 285 g/mol. The van der Waals surface area contributed by atoms with Gasteiger partial charge in [0.25, 0.3) is 0 Å². The molecule has 0 unspecified atom stereocenters. The van der Waals surface area contributed by atoms with Crippen molar-refractivity contribution in [3.8, 4) is 5.75 Å². The molecular formula is C14H13F3N2O2. The van der Waals surface area contributed by atoms with Crippen molar-refractivity contribution in [2.75, 3.05) is 0 Å². The number of halogens is 3. The van der Waals surface area contributed by atoms with Crippen LogP contribution in [-0.4, -0.2) is 21.9 Å². The first kappa shape index (κ1) is 15.1. The second-order valence-corrected chi connectivity index (χ2v) is 4.37. The van der Waals surface area contributed by atoms with Gasteiger partial charge in [-0.3, -0.25) is 9.48 Å². The number of carbonyl (C=O) groups is 1. The quantitative estimate of drug-likeness (QED) is 0.815. The molecule has 0 saturated heterocycles. The molecule has 0 bridgehead atoms. The number of alkyl halides is 3. The van der Waals surface area contributed by atoms with Gasteiger partial charge in [0, 0.05) is 7.05 Å². The lowest BCUT2D eigenvalue weighted by atomic mass is 10.1. The van der Waals surface area contributed by atoms with Crippen molar-refractivity contribution in [1.29, 1.82) is 0 Å². The summed E-state index contributed by atoms with van der Waals surface area (Å²) in [4.78, 5) is 12.4. The first-order chi connectivity index (χ1) is 9.81. The third kappa shape index (κ3) is 3.42. The van der Waals surface area contributed by atoms with Gasteiger partial charge in [0.15, 0.2) is 0 Å². The lowest BCUT2D eigenvalue weighted by molar-refractivity contribution is -0.274. The van der Waals surface area contributed by atoms with Gasteiger partial charge in [-0.1, -0.05) is 19.1 Å². The molecule has 2 rings (SSSR count). The van der Waals surface area contributed by atoms with Crippen LogP contribution in [0.2, 0.25) is 0 Å². The Morgan fingerprint density at radius 3 is 2.57 bits per heavy atom. The minimum absolute atomic E-state index is 0.152. The first-order valence-electron chi connectivity index (χ1n) is 6.24. The van der Waals surface area contributed by atoms with Gasteiger partial charge < -0.3 is 4.74 Å². The molecule has 1 aromatic heterocycles. The van der Waals surface area contributed by atoms with Crippen molar-refractivity contribution in [3.63, 3.8) is 0 Å². The fraction of sp³-hybridized carbons (Fsp3) is 0.286. The lowest BCUT2D eigenvalue weighted by Gasteiger charge is -2.12. The van der Waals surface area contributed by atoms with Crippen molar-refractivity contribution < 1.29 is 22.7 Å². The molecule has 0 fully saturated rings. The Morgan fingerprint density at radius 1 is 1.33 bits per heavy atom. The Bertz CT molecular complexity index is 662. The second kappa shape index (κ2) is 5.59. The van der Waals surface area contributed by atoms with E-state index in [1.165, 1.54) is 22.9 Å². The molecule has 0 aliphatic rings. The zero-order valence-corrected chi connectivity index (χ0v) is 11.4. The minimum Gasteiger partial charge on any atom is -0.405 e. The maximum absolute atomic E-state index is 12.4. The number of rotatable bonds is 4. The maximum atomic E-state index is 12.4. The van der Waals surface area contributed by atoms with Crippen LogP contribution >= 0.6 is 0 Å². The van der Waals surface area contributed by atoms with Crippen LogP contribution in [0, 0.1) is 0 Å². The van der Waals surface area contributed by atoms with Crippen LogP contribution in [0.4, 0.5) is 13.2 Å². The van der Waals surface area contributed by atoms with Crippen LogP contribution < -0.4 is 4.74 Å². The second-order valence-electron chi connectivity index (χ2n) is 4.37. The van der Waals surface area contributed by atoms with Crippen molar-refractivity contribution in [2.45, 2.75) is 19.7 Å². The van der Waals surface area contributed by atoms with E-state index in [9.17, 15) is 18.0 Å². The summed E-state index contributed by atoms with van der Waals surface area (Å²) in [7, 11) is 1.57. The van der Waals surface area contributed by atoms with Crippen LogP contribution in [0.3, 0.4) is 0 Å². The number of nitrogens with zero attached hydrogens (tertiary/aromatic N) is 2. The van der Waals surface area contributed by atoms with Gasteiger partial charge in [-0.25, -0.2) is 0 Å². The summed E-state index contributed by atoms with van der Waals surface area (Å²) in [5.41, 5.74) is 0.751. The highest BCUT2D eigenvalue weighted by Crippen LogP contribution is 2.28. The number of para-hydroxylation sites is 1. The van der Waals surface area contributed by atoms with E-state index in [0.29, 0.717) is 12.1 Å². The standard InChI is InChI=1S/C14H13F3N2O2/c1-3-9-8-11(19(2)18-9)13(20)10-6-4-5-7-12(10)21-14(15,16)17/h4-8H,3H2,1-2H3. The Balaban J connectivity index is 2.41. The lowest BCUT2D eigenvalue weighted by Crippen LogP contribution is -2.19. The van der Waals surface area contributed by atoms with Gasteiger partial charge in [-0.2, -0.15) is 5.10 Å². The predicted octanol–water partition coefficient (Wildman–Crippen LogP) is 3.11. The van der Waals surface area contributed by atoms with Crippen LogP contribution in [0.5, 0.6) is 5.75 Å². The Kier molecular flexibility index (Phi) is 4.02. The molecule has 0 aliphatic heterocycles. The number of hydrogen-bond donors (Lipinski definition) is 0. The van der Waals surface area contributed by atoms with Crippen molar-refractivity contribution in [2.24, 2.45) is 7.05 Å². The minimum atomic E-state index is -4.85. The summed E-state index contributed by atoms with van der Waals surface area (Å²) in [5, 5.41) is 4.11. The highest BCUT2D eigenvalue weighted by Gasteiger charge is 2.33. The Labute approximate surface area is 119 Å². The van der Waals surface area contributed by atoms with E-state index in [0.717, 1.165) is 6.07 Å². The van der Waals surface area contributed by atoms with E-state index in [4.69, 9.17) is 0 Å². The molecule has 112 valence electrons. The van der Waals surface area contributed by atoms with Crippen LogP contribution in [0.25, 0.3) is 0 Å². The van der Waals surface area contributed by atoms with Gasteiger partial charge in [0.2, 0.25) is 5.78 Å². The molecule has 0 N–H and O–H groups in total. The zero-order chi connectivity index (χ0) is 15.6. The predicted molar refractivity (Wildman–Crippen MR) is 69.1 cm³/mol. The maximum Gasteiger partial charge on any atom is 0.573 e. The molecule has 7 heteroatoms. The van der Waals surface area contributed by atoms with Gasteiger partial charge >= 0.3 is 6.36 Å². The summed E-state index contributed by atoms with van der Waals surface area (Å²) in [6.07, 6.45) is -4.22. The number of ether oxygens (including phenoxy) is 1. The summed E-state index contributed by atoms with van der Waals surface area (Å²) in [6, 6.07) is 6.82. The molecule has 0 atom stereocenters. The van der Waals surface area contributed by atoms with Crippen molar-refractivity contribution in [1.82, 2.24) is 9.78 Å².